The highest BCUT2D eigenvalue weighted by Gasteiger charge is 2.36. The summed E-state index contributed by atoms with van der Waals surface area (Å²) in [5.74, 6) is -3.70. The van der Waals surface area contributed by atoms with Gasteiger partial charge in [-0.2, -0.15) is 4.31 Å². The van der Waals surface area contributed by atoms with Crippen molar-refractivity contribution in [2.75, 3.05) is 6.54 Å². The number of sulfonamides is 1. The van der Waals surface area contributed by atoms with Crippen LogP contribution in [0.5, 0.6) is 11.5 Å². The zero-order valence-electron chi connectivity index (χ0n) is 21.0. The Balaban J connectivity index is 1.78. The van der Waals surface area contributed by atoms with Crippen LogP contribution < -0.4 is 9.47 Å². The number of benzene rings is 3. The van der Waals surface area contributed by atoms with Gasteiger partial charge in [-0.25, -0.2) is 12.8 Å². The number of carboxylic acids is 1. The number of alkyl halides is 3. The van der Waals surface area contributed by atoms with Gasteiger partial charge in [0.2, 0.25) is 10.0 Å². The van der Waals surface area contributed by atoms with Gasteiger partial charge in [-0.1, -0.05) is 30.3 Å². The third-order valence-corrected chi connectivity index (χ3v) is 7.94. The third-order valence-electron chi connectivity index (χ3n) is 6.16. The first-order valence-corrected chi connectivity index (χ1v) is 13.3. The Morgan fingerprint density at radius 1 is 1.08 bits per heavy atom. The molecule has 0 aromatic heterocycles. The van der Waals surface area contributed by atoms with E-state index in [4.69, 9.17) is 4.74 Å². The Hall–Kier alpha value is -3.64. The molecule has 1 N–H and O–H groups in total. The molecule has 208 valence electrons. The Kier molecular flexibility index (Phi) is 7.63. The van der Waals surface area contributed by atoms with Crippen LogP contribution in [-0.2, 0) is 27.8 Å². The zero-order chi connectivity index (χ0) is 28.6. The van der Waals surface area contributed by atoms with Crippen molar-refractivity contribution in [2.24, 2.45) is 0 Å². The number of fused-ring (bicyclic) bond motifs is 1. The molecule has 0 bridgehead atoms. The lowest BCUT2D eigenvalue weighted by atomic mass is 9.94. The van der Waals surface area contributed by atoms with Gasteiger partial charge < -0.3 is 14.6 Å². The number of aryl methyl sites for hydroxylation is 1. The quantitative estimate of drug-likeness (QED) is 0.348. The van der Waals surface area contributed by atoms with Crippen LogP contribution in [0, 0.1) is 5.82 Å². The Morgan fingerprint density at radius 3 is 2.41 bits per heavy atom. The first-order chi connectivity index (χ1) is 18.1. The van der Waals surface area contributed by atoms with Gasteiger partial charge in [0.05, 0.1) is 4.90 Å². The Bertz CT molecular complexity index is 1490. The van der Waals surface area contributed by atoms with Crippen molar-refractivity contribution < 1.29 is 45.4 Å². The summed E-state index contributed by atoms with van der Waals surface area (Å²) in [5.41, 5.74) is 0.231. The first-order valence-electron chi connectivity index (χ1n) is 11.8. The normalized spacial score (nSPS) is 14.9. The van der Waals surface area contributed by atoms with Crippen LogP contribution in [0.25, 0.3) is 11.1 Å². The molecule has 0 saturated carbocycles. The number of ether oxygens (including phenoxy) is 2. The summed E-state index contributed by atoms with van der Waals surface area (Å²) >= 11 is 0. The Morgan fingerprint density at radius 2 is 1.77 bits per heavy atom. The molecule has 0 spiro atoms. The fraction of sp³-hybridized carbons (Fsp3) is 0.296. The lowest BCUT2D eigenvalue weighted by molar-refractivity contribution is -0.276. The average Bonchev–Trinajstić information content (AvgIpc) is 2.84. The van der Waals surface area contributed by atoms with Crippen LogP contribution in [0.15, 0.2) is 65.6 Å². The van der Waals surface area contributed by atoms with E-state index in [0.717, 1.165) is 12.1 Å². The molecule has 39 heavy (non-hydrogen) atoms. The Labute approximate surface area is 222 Å². The van der Waals surface area contributed by atoms with E-state index < -0.39 is 58.2 Å². The van der Waals surface area contributed by atoms with Crippen molar-refractivity contribution in [2.45, 2.75) is 50.1 Å². The summed E-state index contributed by atoms with van der Waals surface area (Å²) < 4.78 is 91.9. The average molecular weight is 568 g/mol. The minimum Gasteiger partial charge on any atom is -0.488 e. The highest BCUT2D eigenvalue weighted by molar-refractivity contribution is 7.89. The van der Waals surface area contributed by atoms with Crippen molar-refractivity contribution in [3.05, 3.63) is 77.6 Å². The standard InChI is InChI=1S/C27H25F4NO6S/c1-26(2)11-10-18-13-21(8-9-23(18)37-26)39(35,36)32(16-24(33)34)15-20-12-19(17-6-4-3-5-7-17)14-22(28)25(20)38-27(29,30)31/h3-9,12-14H,10-11,15-16H2,1-2H3,(H,33,34). The minimum absolute atomic E-state index is 0.152. The van der Waals surface area contributed by atoms with E-state index in [-0.39, 0.29) is 10.5 Å². The molecule has 0 aliphatic carbocycles. The lowest BCUT2D eigenvalue weighted by Gasteiger charge is -2.33. The van der Waals surface area contributed by atoms with Crippen molar-refractivity contribution in [1.29, 1.82) is 0 Å². The first kappa shape index (κ1) is 28.4. The molecule has 0 fully saturated rings. The summed E-state index contributed by atoms with van der Waals surface area (Å²) in [6, 6.07) is 14.2. The number of rotatable bonds is 8. The van der Waals surface area contributed by atoms with Crippen molar-refractivity contribution in [3.63, 3.8) is 0 Å². The van der Waals surface area contributed by atoms with Crippen LogP contribution in [0.4, 0.5) is 17.6 Å². The second kappa shape index (κ2) is 10.5. The van der Waals surface area contributed by atoms with Gasteiger partial charge in [-0.05, 0) is 73.7 Å². The zero-order valence-corrected chi connectivity index (χ0v) is 21.8. The van der Waals surface area contributed by atoms with Crippen LogP contribution in [0.1, 0.15) is 31.4 Å². The molecule has 0 atom stereocenters. The van der Waals surface area contributed by atoms with E-state index in [1.54, 1.807) is 30.3 Å². The molecule has 0 radical (unpaired) electrons. The number of hydrogen-bond donors (Lipinski definition) is 1. The third kappa shape index (κ3) is 6.69. The molecule has 1 heterocycles. The summed E-state index contributed by atoms with van der Waals surface area (Å²) in [6.07, 6.45) is -4.18. The van der Waals surface area contributed by atoms with Crippen molar-refractivity contribution in [3.8, 4) is 22.6 Å². The molecule has 7 nitrogen and oxygen atoms in total. The highest BCUT2D eigenvalue weighted by atomic mass is 32.2. The van der Waals surface area contributed by atoms with Gasteiger partial charge in [0, 0.05) is 12.1 Å². The van der Waals surface area contributed by atoms with Crippen LogP contribution >= 0.6 is 0 Å². The van der Waals surface area contributed by atoms with Gasteiger partial charge >= 0.3 is 12.3 Å². The van der Waals surface area contributed by atoms with Gasteiger partial charge in [-0.3, -0.25) is 4.79 Å². The van der Waals surface area contributed by atoms with E-state index in [0.29, 0.717) is 34.0 Å². The van der Waals surface area contributed by atoms with E-state index in [9.17, 15) is 35.9 Å². The topological polar surface area (TPSA) is 93.1 Å². The maximum Gasteiger partial charge on any atom is 0.573 e. The number of nitrogens with zero attached hydrogens (tertiary/aromatic N) is 1. The highest BCUT2D eigenvalue weighted by Crippen LogP contribution is 2.37. The molecule has 1 aliphatic rings. The SMILES string of the molecule is CC1(C)CCc2cc(S(=O)(=O)N(CC(=O)O)Cc3cc(-c4ccccc4)cc(F)c3OC(F)(F)F)ccc2O1. The van der Waals surface area contributed by atoms with Gasteiger partial charge in [0.1, 0.15) is 17.9 Å². The van der Waals surface area contributed by atoms with Crippen LogP contribution in [-0.4, -0.2) is 42.3 Å². The molecule has 0 saturated heterocycles. The number of carboxylic acid groups (broad SMARTS) is 1. The molecular formula is C27H25F4NO6S. The van der Waals surface area contributed by atoms with Crippen LogP contribution in [0.3, 0.4) is 0 Å². The molecule has 12 heteroatoms. The maximum atomic E-state index is 15.0. The smallest absolute Gasteiger partial charge is 0.488 e. The van der Waals surface area contributed by atoms with E-state index in [1.165, 1.54) is 18.2 Å². The number of halogens is 4. The molecule has 0 unspecified atom stereocenters. The number of aliphatic carboxylic acids is 1. The van der Waals surface area contributed by atoms with E-state index in [2.05, 4.69) is 4.74 Å². The summed E-state index contributed by atoms with van der Waals surface area (Å²) in [7, 11) is -4.57. The van der Waals surface area contributed by atoms with E-state index in [1.807, 2.05) is 13.8 Å². The van der Waals surface area contributed by atoms with E-state index >= 15 is 0 Å². The second-order valence-corrected chi connectivity index (χ2v) is 11.6. The number of carbonyl (C=O) groups is 1. The summed E-state index contributed by atoms with van der Waals surface area (Å²) in [6.45, 7) is 1.78. The second-order valence-electron chi connectivity index (χ2n) is 9.66. The van der Waals surface area contributed by atoms with Crippen molar-refractivity contribution >= 4 is 16.0 Å². The predicted octanol–water partition coefficient (Wildman–Crippen LogP) is 5.77. The maximum absolute atomic E-state index is 15.0. The van der Waals surface area contributed by atoms with Gasteiger partial charge in [0.15, 0.2) is 11.6 Å². The fourth-order valence-electron chi connectivity index (χ4n) is 4.31. The number of hydrogen-bond acceptors (Lipinski definition) is 5. The fourth-order valence-corrected chi connectivity index (χ4v) is 5.73. The molecule has 3 aromatic carbocycles. The monoisotopic (exact) mass is 567 g/mol. The molecule has 3 aromatic rings. The molecular weight excluding hydrogens is 542 g/mol. The summed E-state index contributed by atoms with van der Waals surface area (Å²) in [5, 5.41) is 9.45. The molecule has 0 amide bonds. The summed E-state index contributed by atoms with van der Waals surface area (Å²) in [4.78, 5) is 11.4. The molecule has 4 rings (SSSR count). The predicted molar refractivity (Wildman–Crippen MR) is 133 cm³/mol. The van der Waals surface area contributed by atoms with Gasteiger partial charge in [-0.15, -0.1) is 13.2 Å². The van der Waals surface area contributed by atoms with Crippen LogP contribution in [0.2, 0.25) is 0 Å². The molecule has 1 aliphatic heterocycles. The minimum atomic E-state index is -5.29. The largest absolute Gasteiger partial charge is 0.573 e. The van der Waals surface area contributed by atoms with Crippen molar-refractivity contribution in [1.82, 2.24) is 4.31 Å². The lowest BCUT2D eigenvalue weighted by Crippen LogP contribution is -2.36. The van der Waals surface area contributed by atoms with Gasteiger partial charge in [0.25, 0.3) is 0 Å².